The van der Waals surface area contributed by atoms with Crippen molar-refractivity contribution in [1.82, 2.24) is 15.0 Å². The minimum absolute atomic E-state index is 0.0163. The van der Waals surface area contributed by atoms with Gasteiger partial charge in [-0.1, -0.05) is 26.7 Å². The van der Waals surface area contributed by atoms with E-state index in [1.807, 2.05) is 13.8 Å². The molecule has 0 aliphatic heterocycles. The van der Waals surface area contributed by atoms with Gasteiger partial charge in [-0.2, -0.15) is 4.39 Å². The fraction of sp³-hybridized carbons (Fsp3) is 0.727. The molecule has 5 nitrogen and oxygen atoms in total. The van der Waals surface area contributed by atoms with E-state index in [0.717, 1.165) is 25.7 Å². The van der Waals surface area contributed by atoms with Gasteiger partial charge in [0.15, 0.2) is 0 Å². The molecule has 96 valence electrons. The van der Waals surface area contributed by atoms with Crippen molar-refractivity contribution >= 4 is 0 Å². The Hall–Kier alpha value is -1.46. The normalized spacial score (nSPS) is 10.3. The molecule has 0 spiro atoms. The van der Waals surface area contributed by atoms with Crippen LogP contribution >= 0.6 is 0 Å². The van der Waals surface area contributed by atoms with Crippen molar-refractivity contribution in [1.29, 1.82) is 0 Å². The number of rotatable bonds is 8. The summed E-state index contributed by atoms with van der Waals surface area (Å²) in [6, 6.07) is -0.0325. The zero-order valence-electron chi connectivity index (χ0n) is 10.3. The summed E-state index contributed by atoms with van der Waals surface area (Å²) in [5.74, 6) is 0. The van der Waals surface area contributed by atoms with Gasteiger partial charge >= 0.3 is 18.1 Å². The molecule has 1 aromatic heterocycles. The lowest BCUT2D eigenvalue weighted by Crippen LogP contribution is -2.07. The maximum absolute atomic E-state index is 13.0. The van der Waals surface area contributed by atoms with Crippen molar-refractivity contribution in [3.8, 4) is 12.0 Å². The van der Waals surface area contributed by atoms with Crippen LogP contribution in [-0.2, 0) is 0 Å². The summed E-state index contributed by atoms with van der Waals surface area (Å²) in [6.45, 7) is 5.01. The largest absolute Gasteiger partial charge is 0.463 e. The van der Waals surface area contributed by atoms with Crippen LogP contribution in [0.25, 0.3) is 0 Å². The van der Waals surface area contributed by atoms with Gasteiger partial charge in [0.25, 0.3) is 0 Å². The fourth-order valence-corrected chi connectivity index (χ4v) is 1.06. The quantitative estimate of drug-likeness (QED) is 0.656. The average molecular weight is 243 g/mol. The standard InChI is InChI=1S/C11H18FN3O2/c1-3-5-7-16-10-13-9(12)14-11(15-10)17-8-6-4-2/h3-8H2,1-2H3. The molecule has 0 unspecified atom stereocenters. The summed E-state index contributed by atoms with van der Waals surface area (Å²) in [5.41, 5.74) is 0. The van der Waals surface area contributed by atoms with Crippen LogP contribution in [0, 0.1) is 6.08 Å². The second kappa shape index (κ2) is 7.76. The average Bonchev–Trinajstić information content (AvgIpc) is 2.29. The first-order chi connectivity index (χ1) is 8.26. The number of nitrogens with zero attached hydrogens (tertiary/aromatic N) is 3. The number of halogens is 1. The molecule has 1 heterocycles. The van der Waals surface area contributed by atoms with E-state index in [-0.39, 0.29) is 12.0 Å². The summed E-state index contributed by atoms with van der Waals surface area (Å²) >= 11 is 0. The first kappa shape index (κ1) is 13.6. The topological polar surface area (TPSA) is 57.1 Å². The van der Waals surface area contributed by atoms with Crippen molar-refractivity contribution in [3.05, 3.63) is 6.08 Å². The number of hydrogen-bond acceptors (Lipinski definition) is 5. The number of hydrogen-bond donors (Lipinski definition) is 0. The highest BCUT2D eigenvalue weighted by Crippen LogP contribution is 2.09. The zero-order chi connectivity index (χ0) is 12.5. The van der Waals surface area contributed by atoms with E-state index in [1.54, 1.807) is 0 Å². The predicted molar refractivity (Wildman–Crippen MR) is 60.6 cm³/mol. The molecule has 0 bridgehead atoms. The van der Waals surface area contributed by atoms with Gasteiger partial charge in [0.1, 0.15) is 0 Å². The molecule has 1 rings (SSSR count). The Morgan fingerprint density at radius 2 is 1.35 bits per heavy atom. The number of ether oxygens (including phenoxy) is 2. The van der Waals surface area contributed by atoms with Crippen molar-refractivity contribution in [2.45, 2.75) is 39.5 Å². The van der Waals surface area contributed by atoms with Gasteiger partial charge < -0.3 is 9.47 Å². The molecule has 6 heteroatoms. The molecule has 0 saturated carbocycles. The van der Waals surface area contributed by atoms with E-state index in [4.69, 9.17) is 9.47 Å². The third kappa shape index (κ3) is 5.42. The Kier molecular flexibility index (Phi) is 6.21. The second-order valence-corrected chi connectivity index (χ2v) is 3.57. The molecule has 0 atom stereocenters. The van der Waals surface area contributed by atoms with Crippen molar-refractivity contribution < 1.29 is 13.9 Å². The number of unbranched alkanes of at least 4 members (excludes halogenated alkanes) is 2. The maximum atomic E-state index is 13.0. The minimum atomic E-state index is -0.877. The smallest absolute Gasteiger partial charge is 0.325 e. The van der Waals surface area contributed by atoms with Gasteiger partial charge in [-0.05, 0) is 12.8 Å². The molecule has 0 aliphatic carbocycles. The zero-order valence-corrected chi connectivity index (χ0v) is 10.3. The second-order valence-electron chi connectivity index (χ2n) is 3.57. The lowest BCUT2D eigenvalue weighted by atomic mass is 10.4. The highest BCUT2D eigenvalue weighted by atomic mass is 19.1. The van der Waals surface area contributed by atoms with Gasteiger partial charge in [0, 0.05) is 0 Å². The third-order valence-electron chi connectivity index (χ3n) is 2.03. The SMILES string of the molecule is CCCCOc1nc(F)nc(OCCCC)n1. The minimum Gasteiger partial charge on any atom is -0.463 e. The lowest BCUT2D eigenvalue weighted by Gasteiger charge is -2.06. The maximum Gasteiger partial charge on any atom is 0.325 e. The van der Waals surface area contributed by atoms with E-state index < -0.39 is 6.08 Å². The van der Waals surface area contributed by atoms with Gasteiger partial charge in [0.05, 0.1) is 13.2 Å². The molecule has 0 saturated heterocycles. The van der Waals surface area contributed by atoms with E-state index >= 15 is 0 Å². The van der Waals surface area contributed by atoms with Gasteiger partial charge in [-0.15, -0.1) is 15.0 Å². The first-order valence-corrected chi connectivity index (χ1v) is 5.93. The van der Waals surface area contributed by atoms with Crippen LogP contribution in [0.2, 0.25) is 0 Å². The Bertz CT molecular complexity index is 308. The van der Waals surface area contributed by atoms with E-state index in [2.05, 4.69) is 15.0 Å². The van der Waals surface area contributed by atoms with Crippen LogP contribution in [0.3, 0.4) is 0 Å². The molecule has 0 N–H and O–H groups in total. The predicted octanol–water partition coefficient (Wildman–Crippen LogP) is 2.37. The Labute approximate surface area is 100 Å². The molecular weight excluding hydrogens is 225 g/mol. The summed E-state index contributed by atoms with van der Waals surface area (Å²) in [5, 5.41) is 0. The van der Waals surface area contributed by atoms with Gasteiger partial charge in [-0.25, -0.2) is 0 Å². The molecule has 0 radical (unpaired) electrons. The van der Waals surface area contributed by atoms with Crippen LogP contribution in [0.1, 0.15) is 39.5 Å². The van der Waals surface area contributed by atoms with E-state index in [1.165, 1.54) is 0 Å². The Morgan fingerprint density at radius 1 is 0.882 bits per heavy atom. The van der Waals surface area contributed by atoms with E-state index in [9.17, 15) is 4.39 Å². The molecular formula is C11H18FN3O2. The van der Waals surface area contributed by atoms with Crippen molar-refractivity contribution in [2.24, 2.45) is 0 Å². The Morgan fingerprint density at radius 3 is 1.76 bits per heavy atom. The van der Waals surface area contributed by atoms with Crippen molar-refractivity contribution in [2.75, 3.05) is 13.2 Å². The summed E-state index contributed by atoms with van der Waals surface area (Å²) in [6.07, 6.45) is 2.86. The molecule has 1 aromatic rings. The van der Waals surface area contributed by atoms with Crippen LogP contribution in [0.5, 0.6) is 12.0 Å². The van der Waals surface area contributed by atoms with E-state index in [0.29, 0.717) is 13.2 Å². The summed E-state index contributed by atoms with van der Waals surface area (Å²) in [7, 11) is 0. The van der Waals surface area contributed by atoms with Crippen molar-refractivity contribution in [3.63, 3.8) is 0 Å². The highest BCUT2D eigenvalue weighted by molar-refractivity contribution is 5.00. The highest BCUT2D eigenvalue weighted by Gasteiger charge is 2.07. The third-order valence-corrected chi connectivity index (χ3v) is 2.03. The molecule has 0 fully saturated rings. The first-order valence-electron chi connectivity index (χ1n) is 5.93. The van der Waals surface area contributed by atoms with Crippen LogP contribution in [0.4, 0.5) is 4.39 Å². The van der Waals surface area contributed by atoms with Crippen LogP contribution < -0.4 is 9.47 Å². The molecule has 0 amide bonds. The van der Waals surface area contributed by atoms with Crippen LogP contribution in [0.15, 0.2) is 0 Å². The monoisotopic (exact) mass is 243 g/mol. The van der Waals surface area contributed by atoms with Gasteiger partial charge in [0.2, 0.25) is 0 Å². The Balaban J connectivity index is 2.53. The molecule has 0 aromatic carbocycles. The number of aromatic nitrogens is 3. The molecule has 0 aliphatic rings. The molecule has 17 heavy (non-hydrogen) atoms. The lowest BCUT2D eigenvalue weighted by molar-refractivity contribution is 0.245. The van der Waals surface area contributed by atoms with Crippen LogP contribution in [-0.4, -0.2) is 28.2 Å². The summed E-state index contributed by atoms with van der Waals surface area (Å²) in [4.78, 5) is 10.8. The fourth-order valence-electron chi connectivity index (χ4n) is 1.06. The van der Waals surface area contributed by atoms with Gasteiger partial charge in [-0.3, -0.25) is 0 Å². The summed E-state index contributed by atoms with van der Waals surface area (Å²) < 4.78 is 23.4.